The van der Waals surface area contributed by atoms with Gasteiger partial charge in [-0.2, -0.15) is 0 Å². The third-order valence-electron chi connectivity index (χ3n) is 15.5. The molecule has 432 valence electrons. The topological polar surface area (TPSA) is 95.9 Å². The van der Waals surface area contributed by atoms with Gasteiger partial charge in [-0.25, -0.2) is 0 Å². The Morgan fingerprint density at radius 2 is 0.644 bits per heavy atom. The molecule has 0 bridgehead atoms. The van der Waals surface area contributed by atoms with Gasteiger partial charge in [0, 0.05) is 12.8 Å². The van der Waals surface area contributed by atoms with E-state index in [9.17, 15) is 19.8 Å². The van der Waals surface area contributed by atoms with Crippen LogP contribution in [0.4, 0.5) is 0 Å². The van der Waals surface area contributed by atoms with Crippen molar-refractivity contribution in [3.8, 4) is 0 Å². The average Bonchev–Trinajstić information content (AvgIpc) is 3.39. The molecule has 0 heterocycles. The van der Waals surface area contributed by atoms with Gasteiger partial charge in [0.2, 0.25) is 5.91 Å². The maximum atomic E-state index is 12.5. The number of carbonyl (C=O) groups is 2. The van der Waals surface area contributed by atoms with E-state index in [-0.39, 0.29) is 18.5 Å². The third-order valence-corrected chi connectivity index (χ3v) is 15.5. The van der Waals surface area contributed by atoms with Crippen molar-refractivity contribution in [1.82, 2.24) is 5.32 Å². The van der Waals surface area contributed by atoms with Crippen molar-refractivity contribution in [2.75, 3.05) is 13.2 Å². The maximum Gasteiger partial charge on any atom is 0.305 e. The molecule has 0 saturated carbocycles. The smallest absolute Gasteiger partial charge is 0.305 e. The minimum atomic E-state index is -0.665. The first-order valence-electron chi connectivity index (χ1n) is 33.1. The summed E-state index contributed by atoms with van der Waals surface area (Å²) in [6.45, 7) is 4.96. The minimum absolute atomic E-state index is 0.0136. The number of aliphatic hydroxyl groups excluding tert-OH is 2. The SMILES string of the molecule is CCCCCCCC/C=C\CCCCCCCCCCCC(=O)OCCCCCCCCCCCCCC/C=C\CCCCCCCCCCCC(=O)NC(CO)C(O)CCCCCCCCCCCCCC. The van der Waals surface area contributed by atoms with Crippen LogP contribution in [0.5, 0.6) is 0 Å². The van der Waals surface area contributed by atoms with Gasteiger partial charge >= 0.3 is 5.97 Å². The zero-order valence-corrected chi connectivity index (χ0v) is 49.4. The normalized spacial score (nSPS) is 12.7. The quantitative estimate of drug-likeness (QED) is 0.0320. The van der Waals surface area contributed by atoms with Crippen LogP contribution in [0.25, 0.3) is 0 Å². The van der Waals surface area contributed by atoms with Crippen molar-refractivity contribution in [2.45, 2.75) is 379 Å². The summed E-state index contributed by atoms with van der Waals surface area (Å²) in [6.07, 6.45) is 77.8. The Balaban J connectivity index is 3.36. The molecule has 0 aliphatic carbocycles. The van der Waals surface area contributed by atoms with Gasteiger partial charge in [-0.1, -0.05) is 301 Å². The van der Waals surface area contributed by atoms with Crippen molar-refractivity contribution in [3.05, 3.63) is 24.3 Å². The Morgan fingerprint density at radius 1 is 0.370 bits per heavy atom. The molecule has 6 heteroatoms. The fourth-order valence-electron chi connectivity index (χ4n) is 10.4. The molecule has 0 spiro atoms. The zero-order chi connectivity index (χ0) is 52.9. The number of carbonyl (C=O) groups excluding carboxylic acids is 2. The van der Waals surface area contributed by atoms with Gasteiger partial charge in [-0.05, 0) is 77.0 Å². The first kappa shape index (κ1) is 71.3. The highest BCUT2D eigenvalue weighted by atomic mass is 16.5. The third kappa shape index (κ3) is 59.4. The highest BCUT2D eigenvalue weighted by Gasteiger charge is 2.20. The number of rotatable bonds is 62. The number of hydrogen-bond acceptors (Lipinski definition) is 5. The van der Waals surface area contributed by atoms with Crippen LogP contribution in [-0.4, -0.2) is 47.4 Å². The molecule has 0 aliphatic heterocycles. The predicted molar refractivity (Wildman–Crippen MR) is 320 cm³/mol. The van der Waals surface area contributed by atoms with Crippen molar-refractivity contribution in [2.24, 2.45) is 0 Å². The summed E-state index contributed by atoms with van der Waals surface area (Å²) in [4.78, 5) is 24.6. The van der Waals surface area contributed by atoms with Crippen molar-refractivity contribution >= 4 is 11.9 Å². The summed E-state index contributed by atoms with van der Waals surface area (Å²) in [7, 11) is 0. The molecule has 0 aromatic heterocycles. The van der Waals surface area contributed by atoms with E-state index in [0.717, 1.165) is 44.9 Å². The number of hydrogen-bond donors (Lipinski definition) is 3. The van der Waals surface area contributed by atoms with Gasteiger partial charge in [0.05, 0.1) is 25.4 Å². The fraction of sp³-hybridized carbons (Fsp3) is 0.910. The van der Waals surface area contributed by atoms with Gasteiger partial charge in [-0.15, -0.1) is 0 Å². The van der Waals surface area contributed by atoms with Crippen molar-refractivity contribution < 1.29 is 24.5 Å². The molecule has 0 fully saturated rings. The van der Waals surface area contributed by atoms with E-state index in [4.69, 9.17) is 4.74 Å². The fourth-order valence-corrected chi connectivity index (χ4v) is 10.4. The average molecular weight is 1030 g/mol. The van der Waals surface area contributed by atoms with Crippen LogP contribution in [0, 0.1) is 0 Å². The zero-order valence-electron chi connectivity index (χ0n) is 49.4. The number of esters is 1. The monoisotopic (exact) mass is 1030 g/mol. The highest BCUT2D eigenvalue weighted by molar-refractivity contribution is 5.76. The molecule has 0 saturated heterocycles. The van der Waals surface area contributed by atoms with E-state index >= 15 is 0 Å². The number of allylic oxidation sites excluding steroid dienone is 4. The van der Waals surface area contributed by atoms with Crippen LogP contribution in [0.1, 0.15) is 367 Å². The van der Waals surface area contributed by atoms with Crippen LogP contribution < -0.4 is 5.32 Å². The lowest BCUT2D eigenvalue weighted by atomic mass is 10.0. The number of unbranched alkanes of at least 4 members (excludes halogenated alkanes) is 47. The number of nitrogens with one attached hydrogen (secondary N) is 1. The highest BCUT2D eigenvalue weighted by Crippen LogP contribution is 2.18. The van der Waals surface area contributed by atoms with E-state index in [1.165, 1.54) is 289 Å². The summed E-state index contributed by atoms with van der Waals surface area (Å²) >= 11 is 0. The summed E-state index contributed by atoms with van der Waals surface area (Å²) < 4.78 is 5.50. The van der Waals surface area contributed by atoms with Crippen LogP contribution in [0.15, 0.2) is 24.3 Å². The molecular formula is C67H129NO5. The second-order valence-corrected chi connectivity index (χ2v) is 22.8. The first-order chi connectivity index (χ1) is 36.0. The van der Waals surface area contributed by atoms with Gasteiger partial charge in [0.1, 0.15) is 0 Å². The summed E-state index contributed by atoms with van der Waals surface area (Å²) in [6, 6.07) is -0.542. The molecule has 0 rings (SSSR count). The summed E-state index contributed by atoms with van der Waals surface area (Å²) in [5.74, 6) is -0.0236. The molecule has 2 unspecified atom stereocenters. The van der Waals surface area contributed by atoms with Crippen LogP contribution in [0.3, 0.4) is 0 Å². The minimum Gasteiger partial charge on any atom is -0.466 e. The van der Waals surface area contributed by atoms with Crippen molar-refractivity contribution in [1.29, 1.82) is 0 Å². The van der Waals surface area contributed by atoms with Gasteiger partial charge < -0.3 is 20.3 Å². The number of ether oxygens (including phenoxy) is 1. The van der Waals surface area contributed by atoms with E-state index in [2.05, 4.69) is 43.5 Å². The molecule has 3 N–H and O–H groups in total. The lowest BCUT2D eigenvalue weighted by molar-refractivity contribution is -0.143. The van der Waals surface area contributed by atoms with Crippen LogP contribution in [0.2, 0.25) is 0 Å². The molecule has 0 aromatic carbocycles. The van der Waals surface area contributed by atoms with Crippen LogP contribution in [-0.2, 0) is 14.3 Å². The molecule has 1 amide bonds. The maximum absolute atomic E-state index is 12.5. The van der Waals surface area contributed by atoms with Gasteiger partial charge in [0.15, 0.2) is 0 Å². The second kappa shape index (κ2) is 62.9. The lowest BCUT2D eigenvalue weighted by Gasteiger charge is -2.22. The van der Waals surface area contributed by atoms with Crippen molar-refractivity contribution in [3.63, 3.8) is 0 Å². The predicted octanol–water partition coefficient (Wildman–Crippen LogP) is 21.0. The Morgan fingerprint density at radius 3 is 0.973 bits per heavy atom. The summed E-state index contributed by atoms with van der Waals surface area (Å²) in [5.41, 5.74) is 0. The largest absolute Gasteiger partial charge is 0.466 e. The number of amides is 1. The van der Waals surface area contributed by atoms with Gasteiger partial charge in [-0.3, -0.25) is 9.59 Å². The van der Waals surface area contributed by atoms with Crippen LogP contribution >= 0.6 is 0 Å². The Bertz CT molecular complexity index is 1140. The molecule has 0 aliphatic rings. The van der Waals surface area contributed by atoms with E-state index in [0.29, 0.717) is 25.9 Å². The molecule has 2 atom stereocenters. The molecule has 73 heavy (non-hydrogen) atoms. The summed E-state index contributed by atoms with van der Waals surface area (Å²) in [5, 5.41) is 23.2. The van der Waals surface area contributed by atoms with E-state index in [1.807, 2.05) is 0 Å². The van der Waals surface area contributed by atoms with Gasteiger partial charge in [0.25, 0.3) is 0 Å². The molecular weight excluding hydrogens is 899 g/mol. The van der Waals surface area contributed by atoms with E-state index < -0.39 is 12.1 Å². The Labute approximate surface area is 456 Å². The Hall–Kier alpha value is -1.66. The number of aliphatic hydroxyl groups is 2. The lowest BCUT2D eigenvalue weighted by Crippen LogP contribution is -2.45. The first-order valence-corrected chi connectivity index (χ1v) is 33.1. The molecule has 0 radical (unpaired) electrons. The Kier molecular flexibility index (Phi) is 61.4. The second-order valence-electron chi connectivity index (χ2n) is 22.8. The molecule has 0 aromatic rings. The molecule has 6 nitrogen and oxygen atoms in total. The standard InChI is InChI=1S/C67H129NO5/c1-3-5-7-9-11-13-15-17-18-19-27-31-34-37-41-45-49-53-57-61-67(72)73-62-58-54-50-46-42-38-35-32-29-26-24-22-20-21-23-25-28-30-33-36-40-44-48-52-56-60-66(71)68-64(63-69)65(70)59-55-51-47-43-39-16-14-12-10-8-6-4-2/h17-18,21,23,64-65,69-70H,3-16,19-20,22,24-63H2,1-2H3,(H,68,71)/b18-17-,23-21-. The van der Waals surface area contributed by atoms with E-state index in [1.54, 1.807) is 0 Å².